The van der Waals surface area contributed by atoms with Gasteiger partial charge in [0.25, 0.3) is 5.91 Å². The largest absolute Gasteiger partial charge is 0.338 e. The van der Waals surface area contributed by atoms with Gasteiger partial charge >= 0.3 is 0 Å². The first-order valence-electron chi connectivity index (χ1n) is 8.17. The molecule has 0 N–H and O–H groups in total. The quantitative estimate of drug-likeness (QED) is 0.724. The third kappa shape index (κ3) is 2.94. The molecule has 6 nitrogen and oxygen atoms in total. The van der Waals surface area contributed by atoms with Crippen LogP contribution in [0.2, 0.25) is 0 Å². The molecule has 1 amide bonds. The fourth-order valence-corrected chi connectivity index (χ4v) is 3.24. The first kappa shape index (κ1) is 16.3. The van der Waals surface area contributed by atoms with Gasteiger partial charge < -0.3 is 4.90 Å². The van der Waals surface area contributed by atoms with Crippen LogP contribution in [-0.2, 0) is 0 Å². The van der Waals surface area contributed by atoms with Crippen molar-refractivity contribution >= 4 is 5.91 Å². The molecule has 2 aromatic heterocycles. The number of carbonyl (C=O) groups is 1. The maximum absolute atomic E-state index is 14.0. The number of benzene rings is 1. The smallest absolute Gasteiger partial charge is 0.255 e. The van der Waals surface area contributed by atoms with Crippen LogP contribution in [0.4, 0.5) is 8.78 Å². The van der Waals surface area contributed by atoms with Crippen LogP contribution in [0.3, 0.4) is 0 Å². The molecule has 1 aromatic carbocycles. The Labute approximate surface area is 148 Å². The molecule has 8 heteroatoms. The summed E-state index contributed by atoms with van der Waals surface area (Å²) in [6.45, 7) is 0.726. The Hall–Kier alpha value is -3.16. The second-order valence-electron chi connectivity index (χ2n) is 6.12. The number of pyridine rings is 1. The van der Waals surface area contributed by atoms with Gasteiger partial charge in [-0.3, -0.25) is 4.79 Å². The summed E-state index contributed by atoms with van der Waals surface area (Å²) in [6.07, 6.45) is 4.90. The lowest BCUT2D eigenvalue weighted by molar-refractivity contribution is 0.0790. The van der Waals surface area contributed by atoms with Crippen molar-refractivity contribution in [2.45, 2.75) is 12.3 Å². The minimum absolute atomic E-state index is 0.0578. The highest BCUT2D eigenvalue weighted by Crippen LogP contribution is 2.31. The van der Waals surface area contributed by atoms with Gasteiger partial charge in [-0.1, -0.05) is 6.07 Å². The van der Waals surface area contributed by atoms with Crippen molar-refractivity contribution in [1.29, 1.82) is 0 Å². The van der Waals surface area contributed by atoms with E-state index >= 15 is 0 Å². The van der Waals surface area contributed by atoms with E-state index in [1.807, 2.05) is 0 Å². The SMILES string of the molecule is O=C(c1ccc(-n2cncn2)nc1)N1CCC(c2c(F)cccc2F)C1. The molecule has 4 rings (SSSR count). The molecule has 0 saturated carbocycles. The summed E-state index contributed by atoms with van der Waals surface area (Å²) < 4.78 is 29.4. The lowest BCUT2D eigenvalue weighted by Crippen LogP contribution is -2.28. The molecule has 132 valence electrons. The van der Waals surface area contributed by atoms with E-state index < -0.39 is 11.6 Å². The zero-order valence-corrected chi connectivity index (χ0v) is 13.7. The van der Waals surface area contributed by atoms with Crippen molar-refractivity contribution in [3.05, 3.63) is 71.9 Å². The van der Waals surface area contributed by atoms with Gasteiger partial charge in [0.2, 0.25) is 0 Å². The Morgan fingerprint density at radius 3 is 2.62 bits per heavy atom. The van der Waals surface area contributed by atoms with Crippen LogP contribution < -0.4 is 0 Å². The summed E-state index contributed by atoms with van der Waals surface area (Å²) in [5.41, 5.74) is 0.478. The topological polar surface area (TPSA) is 63.9 Å². The van der Waals surface area contributed by atoms with E-state index in [1.54, 1.807) is 17.0 Å². The van der Waals surface area contributed by atoms with E-state index in [0.717, 1.165) is 0 Å². The van der Waals surface area contributed by atoms with E-state index in [4.69, 9.17) is 0 Å². The number of rotatable bonds is 3. The number of carbonyl (C=O) groups excluding carboxylic acids is 1. The number of amides is 1. The van der Waals surface area contributed by atoms with Gasteiger partial charge in [-0.25, -0.2) is 23.4 Å². The van der Waals surface area contributed by atoms with Gasteiger partial charge in [-0.05, 0) is 30.7 Å². The Kier molecular flexibility index (Phi) is 4.16. The average molecular weight is 355 g/mol. The van der Waals surface area contributed by atoms with Crippen molar-refractivity contribution in [3.63, 3.8) is 0 Å². The molecule has 1 unspecified atom stereocenters. The molecule has 0 spiro atoms. The summed E-state index contributed by atoms with van der Waals surface area (Å²) in [4.78, 5) is 22.3. The monoisotopic (exact) mass is 355 g/mol. The van der Waals surface area contributed by atoms with Crippen LogP contribution in [0.1, 0.15) is 28.3 Å². The van der Waals surface area contributed by atoms with E-state index in [2.05, 4.69) is 15.1 Å². The summed E-state index contributed by atoms with van der Waals surface area (Å²) in [5, 5.41) is 3.98. The molecule has 1 saturated heterocycles. The van der Waals surface area contributed by atoms with Crippen LogP contribution in [0.25, 0.3) is 5.82 Å². The fourth-order valence-electron chi connectivity index (χ4n) is 3.24. The Morgan fingerprint density at radius 1 is 1.15 bits per heavy atom. The molecule has 1 aliphatic rings. The molecular formula is C18H15F2N5O. The molecule has 0 bridgehead atoms. The van der Waals surface area contributed by atoms with Gasteiger partial charge in [0.1, 0.15) is 24.3 Å². The van der Waals surface area contributed by atoms with E-state index in [-0.39, 0.29) is 23.9 Å². The van der Waals surface area contributed by atoms with Gasteiger partial charge in [0.15, 0.2) is 5.82 Å². The summed E-state index contributed by atoms with van der Waals surface area (Å²) >= 11 is 0. The number of hydrogen-bond acceptors (Lipinski definition) is 4. The number of halogens is 2. The highest BCUT2D eigenvalue weighted by molar-refractivity contribution is 5.94. The first-order valence-corrected chi connectivity index (χ1v) is 8.17. The molecule has 0 aliphatic carbocycles. The summed E-state index contributed by atoms with van der Waals surface area (Å²) in [5.74, 6) is -1.14. The van der Waals surface area contributed by atoms with Crippen LogP contribution in [0, 0.1) is 11.6 Å². The average Bonchev–Trinajstić information content (AvgIpc) is 3.33. The second kappa shape index (κ2) is 6.62. The van der Waals surface area contributed by atoms with Crippen molar-refractivity contribution < 1.29 is 13.6 Å². The predicted molar refractivity (Wildman–Crippen MR) is 88.8 cm³/mol. The maximum atomic E-state index is 14.0. The van der Waals surface area contributed by atoms with E-state index in [1.165, 1.54) is 41.7 Å². The minimum atomic E-state index is -0.567. The van der Waals surface area contributed by atoms with Crippen LogP contribution >= 0.6 is 0 Å². The van der Waals surface area contributed by atoms with Gasteiger partial charge in [0, 0.05) is 30.8 Å². The van der Waals surface area contributed by atoms with Gasteiger partial charge in [-0.15, -0.1) is 0 Å². The van der Waals surface area contributed by atoms with Crippen LogP contribution in [0.5, 0.6) is 0 Å². The molecule has 1 fully saturated rings. The predicted octanol–water partition coefficient (Wildman–Crippen LogP) is 2.57. The number of hydrogen-bond donors (Lipinski definition) is 0. The summed E-state index contributed by atoms with van der Waals surface area (Å²) in [7, 11) is 0. The van der Waals surface area contributed by atoms with Crippen molar-refractivity contribution in [2.75, 3.05) is 13.1 Å². The van der Waals surface area contributed by atoms with Gasteiger partial charge in [0.05, 0.1) is 5.56 Å². The highest BCUT2D eigenvalue weighted by Gasteiger charge is 2.31. The van der Waals surface area contributed by atoms with E-state index in [9.17, 15) is 13.6 Å². The van der Waals surface area contributed by atoms with Gasteiger partial charge in [-0.2, -0.15) is 5.10 Å². The Bertz CT molecular complexity index is 907. The van der Waals surface area contributed by atoms with Crippen molar-refractivity contribution in [2.24, 2.45) is 0 Å². The second-order valence-corrected chi connectivity index (χ2v) is 6.12. The fraction of sp³-hybridized carbons (Fsp3) is 0.222. The third-order valence-electron chi connectivity index (χ3n) is 4.53. The van der Waals surface area contributed by atoms with Crippen molar-refractivity contribution in [3.8, 4) is 5.82 Å². The maximum Gasteiger partial charge on any atom is 0.255 e. The lowest BCUT2D eigenvalue weighted by atomic mass is 9.97. The number of likely N-dealkylation sites (tertiary alicyclic amines) is 1. The number of nitrogens with zero attached hydrogens (tertiary/aromatic N) is 5. The number of aromatic nitrogens is 4. The Morgan fingerprint density at radius 2 is 1.96 bits per heavy atom. The molecular weight excluding hydrogens is 340 g/mol. The molecule has 1 aliphatic heterocycles. The molecule has 3 heterocycles. The molecule has 1 atom stereocenters. The molecule has 26 heavy (non-hydrogen) atoms. The Balaban J connectivity index is 1.49. The molecule has 0 radical (unpaired) electrons. The van der Waals surface area contributed by atoms with Crippen molar-refractivity contribution in [1.82, 2.24) is 24.6 Å². The minimum Gasteiger partial charge on any atom is -0.338 e. The standard InChI is InChI=1S/C18H15F2N5O/c19-14-2-1-3-15(20)17(14)13-6-7-24(9-13)18(26)12-4-5-16(22-8-12)25-11-21-10-23-25/h1-5,8,10-11,13H,6-7,9H2. The normalized spacial score (nSPS) is 16.8. The summed E-state index contributed by atoms with van der Waals surface area (Å²) in [6, 6.07) is 7.16. The lowest BCUT2D eigenvalue weighted by Gasteiger charge is -2.17. The van der Waals surface area contributed by atoms with Crippen LogP contribution in [-0.4, -0.2) is 43.6 Å². The van der Waals surface area contributed by atoms with E-state index in [0.29, 0.717) is 24.3 Å². The van der Waals surface area contributed by atoms with Crippen LogP contribution in [0.15, 0.2) is 49.2 Å². The first-order chi connectivity index (χ1) is 12.6. The molecule has 3 aromatic rings. The highest BCUT2D eigenvalue weighted by atomic mass is 19.1. The third-order valence-corrected chi connectivity index (χ3v) is 4.53. The zero-order chi connectivity index (χ0) is 18.1. The zero-order valence-electron chi connectivity index (χ0n) is 13.7.